The predicted octanol–water partition coefficient (Wildman–Crippen LogP) is 2.44. The number of nitrogens with two attached hydrogens (primary N) is 1. The molecule has 0 saturated carbocycles. The summed E-state index contributed by atoms with van der Waals surface area (Å²) in [7, 11) is 0. The number of pyridine rings is 1. The van der Waals surface area contributed by atoms with E-state index in [9.17, 15) is 8.78 Å². The predicted molar refractivity (Wildman–Crippen MR) is 46.8 cm³/mol. The molecule has 0 unspecified atom stereocenters. The fourth-order valence-corrected chi connectivity index (χ4v) is 1.16. The quantitative estimate of drug-likeness (QED) is 0.755. The van der Waals surface area contributed by atoms with E-state index in [2.05, 4.69) is 4.98 Å². The van der Waals surface area contributed by atoms with E-state index in [1.165, 1.54) is 6.07 Å². The minimum atomic E-state index is -2.63. The van der Waals surface area contributed by atoms with Gasteiger partial charge < -0.3 is 5.73 Å². The number of hydrogen-bond acceptors (Lipinski definition) is 2. The van der Waals surface area contributed by atoms with Crippen LogP contribution >= 0.6 is 11.6 Å². The van der Waals surface area contributed by atoms with E-state index in [-0.39, 0.29) is 17.4 Å². The fourth-order valence-electron chi connectivity index (χ4n) is 1.01. The zero-order valence-electron chi connectivity index (χ0n) is 7.02. The third kappa shape index (κ3) is 2.14. The molecule has 72 valence electrons. The van der Waals surface area contributed by atoms with Crippen molar-refractivity contribution in [2.24, 2.45) is 5.73 Å². The zero-order chi connectivity index (χ0) is 10.0. The fraction of sp³-hybridized carbons (Fsp3) is 0.375. The van der Waals surface area contributed by atoms with Gasteiger partial charge in [-0.25, -0.2) is 13.8 Å². The van der Waals surface area contributed by atoms with Crippen LogP contribution < -0.4 is 5.73 Å². The lowest BCUT2D eigenvalue weighted by molar-refractivity contribution is 0.145. The smallest absolute Gasteiger partial charge is 0.280 e. The molecule has 5 heteroatoms. The molecular weight excluding hydrogens is 198 g/mol. The number of aromatic nitrogens is 1. The number of hydrogen-bond donors (Lipinski definition) is 1. The lowest BCUT2D eigenvalue weighted by Crippen LogP contribution is -2.05. The zero-order valence-corrected chi connectivity index (χ0v) is 7.78. The van der Waals surface area contributed by atoms with Gasteiger partial charge in [0.2, 0.25) is 0 Å². The summed E-state index contributed by atoms with van der Waals surface area (Å²) in [6.07, 6.45) is -2.63. The number of halogens is 3. The van der Waals surface area contributed by atoms with Crippen molar-refractivity contribution in [1.29, 1.82) is 0 Å². The summed E-state index contributed by atoms with van der Waals surface area (Å²) in [6, 6.07) is 1.54. The van der Waals surface area contributed by atoms with Crippen LogP contribution in [0.3, 0.4) is 0 Å². The van der Waals surface area contributed by atoms with Gasteiger partial charge in [-0.15, -0.1) is 0 Å². The minimum Gasteiger partial charge on any atom is -0.326 e. The molecule has 1 heterocycles. The molecule has 0 spiro atoms. The topological polar surface area (TPSA) is 38.9 Å². The molecule has 0 bridgehead atoms. The third-order valence-corrected chi connectivity index (χ3v) is 2.07. The second-order valence-corrected chi connectivity index (χ2v) is 3.00. The van der Waals surface area contributed by atoms with Crippen LogP contribution in [0, 0.1) is 6.92 Å². The molecule has 1 rings (SSSR count). The monoisotopic (exact) mass is 206 g/mol. The van der Waals surface area contributed by atoms with E-state index in [1.54, 1.807) is 6.92 Å². The lowest BCUT2D eigenvalue weighted by Gasteiger charge is -2.07. The summed E-state index contributed by atoms with van der Waals surface area (Å²) in [5, 5.41) is 0.104. The van der Waals surface area contributed by atoms with E-state index in [0.717, 1.165) is 0 Å². The maximum atomic E-state index is 12.3. The van der Waals surface area contributed by atoms with Gasteiger partial charge in [0.1, 0.15) is 10.8 Å². The Bertz CT molecular complexity index is 315. The molecule has 0 fully saturated rings. The SMILES string of the molecule is Cc1cc(CN)c(C(F)F)nc1Cl. The van der Waals surface area contributed by atoms with Gasteiger partial charge in [0, 0.05) is 6.54 Å². The Balaban J connectivity index is 3.25. The molecule has 2 nitrogen and oxygen atoms in total. The summed E-state index contributed by atoms with van der Waals surface area (Å²) in [5.41, 5.74) is 5.97. The van der Waals surface area contributed by atoms with Gasteiger partial charge in [-0.2, -0.15) is 0 Å². The van der Waals surface area contributed by atoms with Gasteiger partial charge in [-0.3, -0.25) is 0 Å². The maximum Gasteiger partial charge on any atom is 0.280 e. The summed E-state index contributed by atoms with van der Waals surface area (Å²) < 4.78 is 24.7. The van der Waals surface area contributed by atoms with Crippen molar-refractivity contribution in [2.45, 2.75) is 19.9 Å². The molecule has 0 radical (unpaired) electrons. The van der Waals surface area contributed by atoms with Crippen molar-refractivity contribution in [2.75, 3.05) is 0 Å². The summed E-state index contributed by atoms with van der Waals surface area (Å²) in [4.78, 5) is 3.58. The van der Waals surface area contributed by atoms with Crippen molar-refractivity contribution in [1.82, 2.24) is 4.98 Å². The Labute approximate surface area is 79.7 Å². The average Bonchev–Trinajstić information content (AvgIpc) is 2.08. The first-order chi connectivity index (χ1) is 6.06. The van der Waals surface area contributed by atoms with E-state index < -0.39 is 6.43 Å². The molecule has 2 N–H and O–H groups in total. The number of rotatable bonds is 2. The van der Waals surface area contributed by atoms with Gasteiger partial charge >= 0.3 is 0 Å². The van der Waals surface area contributed by atoms with Crippen LogP contribution in [0.1, 0.15) is 23.2 Å². The molecule has 0 atom stereocenters. The molecule has 0 aliphatic carbocycles. The summed E-state index contributed by atoms with van der Waals surface area (Å²) in [6.45, 7) is 1.74. The van der Waals surface area contributed by atoms with Gasteiger partial charge in [0.05, 0.1) is 0 Å². The molecule has 1 aromatic rings. The van der Waals surface area contributed by atoms with Crippen LogP contribution in [0.15, 0.2) is 6.07 Å². The van der Waals surface area contributed by atoms with Gasteiger partial charge in [-0.05, 0) is 24.1 Å². The van der Waals surface area contributed by atoms with Gasteiger partial charge in [0.15, 0.2) is 0 Å². The first kappa shape index (κ1) is 10.3. The molecular formula is C8H9ClF2N2. The van der Waals surface area contributed by atoms with Crippen LogP contribution in [0.5, 0.6) is 0 Å². The Morgan fingerprint density at radius 2 is 2.23 bits per heavy atom. The van der Waals surface area contributed by atoms with Crippen LogP contribution in [0.2, 0.25) is 5.15 Å². The van der Waals surface area contributed by atoms with Crippen molar-refractivity contribution in [3.05, 3.63) is 28.0 Å². The molecule has 0 amide bonds. The summed E-state index contributed by atoms with van der Waals surface area (Å²) in [5.74, 6) is 0. The van der Waals surface area contributed by atoms with E-state index in [0.29, 0.717) is 11.1 Å². The third-order valence-electron chi connectivity index (χ3n) is 1.69. The van der Waals surface area contributed by atoms with E-state index in [1.807, 2.05) is 0 Å². The van der Waals surface area contributed by atoms with Crippen LogP contribution in [-0.2, 0) is 6.54 Å². The van der Waals surface area contributed by atoms with Gasteiger partial charge in [0.25, 0.3) is 6.43 Å². The highest BCUT2D eigenvalue weighted by Gasteiger charge is 2.15. The molecule has 1 aromatic heterocycles. The maximum absolute atomic E-state index is 12.3. The first-order valence-electron chi connectivity index (χ1n) is 3.70. The van der Waals surface area contributed by atoms with E-state index in [4.69, 9.17) is 17.3 Å². The standard InChI is InChI=1S/C8H9ClF2N2/c1-4-2-5(3-12)6(8(10)11)13-7(4)9/h2,8H,3,12H2,1H3. The van der Waals surface area contributed by atoms with Crippen molar-refractivity contribution >= 4 is 11.6 Å². The Morgan fingerprint density at radius 1 is 1.62 bits per heavy atom. The molecule has 0 aliphatic rings. The molecule has 0 saturated heterocycles. The number of alkyl halides is 2. The number of aryl methyl sites for hydroxylation is 1. The molecule has 0 aromatic carbocycles. The normalized spacial score (nSPS) is 10.9. The van der Waals surface area contributed by atoms with Crippen molar-refractivity contribution in [3.8, 4) is 0 Å². The Hall–Kier alpha value is -0.740. The average molecular weight is 207 g/mol. The minimum absolute atomic E-state index is 0.0463. The van der Waals surface area contributed by atoms with Crippen molar-refractivity contribution < 1.29 is 8.78 Å². The van der Waals surface area contributed by atoms with Crippen LogP contribution in [-0.4, -0.2) is 4.98 Å². The van der Waals surface area contributed by atoms with Crippen molar-refractivity contribution in [3.63, 3.8) is 0 Å². The summed E-state index contributed by atoms with van der Waals surface area (Å²) >= 11 is 5.60. The lowest BCUT2D eigenvalue weighted by atomic mass is 10.1. The highest BCUT2D eigenvalue weighted by atomic mass is 35.5. The van der Waals surface area contributed by atoms with Crippen LogP contribution in [0.25, 0.3) is 0 Å². The molecule has 0 aliphatic heterocycles. The molecule has 13 heavy (non-hydrogen) atoms. The Morgan fingerprint density at radius 3 is 2.69 bits per heavy atom. The highest BCUT2D eigenvalue weighted by Crippen LogP contribution is 2.24. The second kappa shape index (κ2) is 3.98. The second-order valence-electron chi connectivity index (χ2n) is 2.65. The largest absolute Gasteiger partial charge is 0.326 e. The Kier molecular flexibility index (Phi) is 3.17. The first-order valence-corrected chi connectivity index (χ1v) is 4.08. The number of nitrogens with zero attached hydrogens (tertiary/aromatic N) is 1. The van der Waals surface area contributed by atoms with E-state index >= 15 is 0 Å². The highest BCUT2D eigenvalue weighted by molar-refractivity contribution is 6.30. The van der Waals surface area contributed by atoms with Crippen LogP contribution in [0.4, 0.5) is 8.78 Å². The van der Waals surface area contributed by atoms with Gasteiger partial charge in [-0.1, -0.05) is 11.6 Å².